The molecule has 0 radical (unpaired) electrons. The van der Waals surface area contributed by atoms with E-state index in [1.54, 1.807) is 0 Å². The molecule has 2 fully saturated rings. The molecule has 0 aromatic rings. The van der Waals surface area contributed by atoms with E-state index in [0.29, 0.717) is 12.1 Å². The Morgan fingerprint density at radius 2 is 1.81 bits per heavy atom. The molecule has 2 rings (SSSR count). The van der Waals surface area contributed by atoms with Gasteiger partial charge in [0.05, 0.1) is 6.10 Å². The van der Waals surface area contributed by atoms with Crippen molar-refractivity contribution < 1.29 is 4.74 Å². The summed E-state index contributed by atoms with van der Waals surface area (Å²) in [4.78, 5) is 0. The van der Waals surface area contributed by atoms with Gasteiger partial charge in [-0.25, -0.2) is 0 Å². The van der Waals surface area contributed by atoms with Crippen molar-refractivity contribution in [2.45, 2.75) is 69.9 Å². The van der Waals surface area contributed by atoms with Gasteiger partial charge in [-0.05, 0) is 32.2 Å². The van der Waals surface area contributed by atoms with Crippen LogP contribution < -0.4 is 5.32 Å². The summed E-state index contributed by atoms with van der Waals surface area (Å²) in [5.41, 5.74) is 0. The van der Waals surface area contributed by atoms with Crippen LogP contribution in [0.4, 0.5) is 0 Å². The number of rotatable bonds is 5. The Morgan fingerprint density at radius 1 is 1.00 bits per heavy atom. The van der Waals surface area contributed by atoms with E-state index in [1.165, 1.54) is 57.8 Å². The van der Waals surface area contributed by atoms with Crippen LogP contribution in [0.2, 0.25) is 0 Å². The van der Waals surface area contributed by atoms with Crippen LogP contribution in [0.5, 0.6) is 0 Å². The standard InChI is InChI=1S/C14H27NO/c1-15-13-8-3-2-4-9-14(13)16-11-10-12-6-5-7-12/h12-15H,2-11H2,1H3. The minimum Gasteiger partial charge on any atom is -0.377 e. The van der Waals surface area contributed by atoms with Crippen LogP contribution in [-0.4, -0.2) is 25.8 Å². The summed E-state index contributed by atoms with van der Waals surface area (Å²) >= 11 is 0. The maximum atomic E-state index is 6.11. The quantitative estimate of drug-likeness (QED) is 0.726. The summed E-state index contributed by atoms with van der Waals surface area (Å²) in [7, 11) is 2.08. The topological polar surface area (TPSA) is 21.3 Å². The Labute approximate surface area is 100 Å². The third-order valence-corrected chi connectivity index (χ3v) is 4.41. The molecule has 0 amide bonds. The van der Waals surface area contributed by atoms with Crippen LogP contribution in [0.1, 0.15) is 57.8 Å². The molecule has 2 atom stereocenters. The van der Waals surface area contributed by atoms with E-state index in [1.807, 2.05) is 0 Å². The third kappa shape index (κ3) is 3.46. The first-order chi connectivity index (χ1) is 7.90. The second kappa shape index (κ2) is 6.61. The van der Waals surface area contributed by atoms with Gasteiger partial charge in [-0.3, -0.25) is 0 Å². The monoisotopic (exact) mass is 225 g/mol. The van der Waals surface area contributed by atoms with Gasteiger partial charge >= 0.3 is 0 Å². The molecule has 2 nitrogen and oxygen atoms in total. The first-order valence-electron chi connectivity index (χ1n) is 7.19. The van der Waals surface area contributed by atoms with Gasteiger partial charge in [-0.15, -0.1) is 0 Å². The predicted molar refractivity (Wildman–Crippen MR) is 67.6 cm³/mol. The fourth-order valence-electron chi connectivity index (χ4n) is 2.97. The van der Waals surface area contributed by atoms with E-state index in [0.717, 1.165) is 12.5 Å². The molecule has 1 N–H and O–H groups in total. The van der Waals surface area contributed by atoms with Crippen molar-refractivity contribution in [3.05, 3.63) is 0 Å². The van der Waals surface area contributed by atoms with Gasteiger partial charge in [0, 0.05) is 12.6 Å². The third-order valence-electron chi connectivity index (χ3n) is 4.41. The molecule has 0 aliphatic heterocycles. The average Bonchev–Trinajstić information content (AvgIpc) is 2.46. The molecule has 0 aromatic heterocycles. The van der Waals surface area contributed by atoms with Crippen molar-refractivity contribution in [2.24, 2.45) is 5.92 Å². The van der Waals surface area contributed by atoms with Gasteiger partial charge in [0.1, 0.15) is 0 Å². The zero-order valence-electron chi connectivity index (χ0n) is 10.7. The Hall–Kier alpha value is -0.0800. The van der Waals surface area contributed by atoms with Gasteiger partial charge in [-0.1, -0.05) is 38.5 Å². The number of nitrogens with one attached hydrogen (secondary N) is 1. The molecule has 0 aromatic carbocycles. The summed E-state index contributed by atoms with van der Waals surface area (Å²) in [5, 5.41) is 3.44. The van der Waals surface area contributed by atoms with Gasteiger partial charge in [0.2, 0.25) is 0 Å². The van der Waals surface area contributed by atoms with Crippen molar-refractivity contribution in [3.8, 4) is 0 Å². The molecular formula is C14H27NO. The van der Waals surface area contributed by atoms with Crippen LogP contribution in [0.3, 0.4) is 0 Å². The lowest BCUT2D eigenvalue weighted by atomic mass is 9.83. The molecular weight excluding hydrogens is 198 g/mol. The first kappa shape index (κ1) is 12.4. The first-order valence-corrected chi connectivity index (χ1v) is 7.19. The molecule has 2 unspecified atom stereocenters. The minimum absolute atomic E-state index is 0.479. The van der Waals surface area contributed by atoms with Crippen LogP contribution in [0, 0.1) is 5.92 Å². The van der Waals surface area contributed by atoms with Gasteiger partial charge in [0.25, 0.3) is 0 Å². The Bertz CT molecular complexity index is 191. The van der Waals surface area contributed by atoms with E-state index in [-0.39, 0.29) is 0 Å². The maximum absolute atomic E-state index is 6.11. The Balaban J connectivity index is 1.67. The molecule has 0 spiro atoms. The van der Waals surface area contributed by atoms with Crippen LogP contribution in [-0.2, 0) is 4.74 Å². The highest BCUT2D eigenvalue weighted by molar-refractivity contribution is 4.79. The molecule has 16 heavy (non-hydrogen) atoms. The van der Waals surface area contributed by atoms with Crippen molar-refractivity contribution in [3.63, 3.8) is 0 Å². The summed E-state index contributed by atoms with van der Waals surface area (Å²) in [6.45, 7) is 0.994. The molecule has 2 heteroatoms. The Morgan fingerprint density at radius 3 is 2.50 bits per heavy atom. The highest BCUT2D eigenvalue weighted by atomic mass is 16.5. The lowest BCUT2D eigenvalue weighted by molar-refractivity contribution is 0.0122. The van der Waals surface area contributed by atoms with Crippen molar-refractivity contribution >= 4 is 0 Å². The molecule has 2 saturated carbocycles. The van der Waals surface area contributed by atoms with E-state index in [2.05, 4.69) is 12.4 Å². The smallest absolute Gasteiger partial charge is 0.0727 e. The number of hydrogen-bond acceptors (Lipinski definition) is 2. The van der Waals surface area contributed by atoms with Crippen molar-refractivity contribution in [1.82, 2.24) is 5.32 Å². The Kier molecular flexibility index (Phi) is 5.11. The van der Waals surface area contributed by atoms with E-state index in [4.69, 9.17) is 4.74 Å². The van der Waals surface area contributed by atoms with E-state index in [9.17, 15) is 0 Å². The van der Waals surface area contributed by atoms with E-state index >= 15 is 0 Å². The van der Waals surface area contributed by atoms with E-state index < -0.39 is 0 Å². The van der Waals surface area contributed by atoms with Crippen LogP contribution in [0.15, 0.2) is 0 Å². The lowest BCUT2D eigenvalue weighted by Gasteiger charge is -2.28. The second-order valence-electron chi connectivity index (χ2n) is 5.53. The highest BCUT2D eigenvalue weighted by Gasteiger charge is 2.23. The number of hydrogen-bond donors (Lipinski definition) is 1. The summed E-state index contributed by atoms with van der Waals surface area (Å²) in [6.07, 6.45) is 12.8. The molecule has 0 bridgehead atoms. The number of likely N-dealkylation sites (N-methyl/N-ethyl adjacent to an activating group) is 1. The SMILES string of the molecule is CNC1CCCCCC1OCCC1CCC1. The predicted octanol–water partition coefficient (Wildman–Crippen LogP) is 3.11. The highest BCUT2D eigenvalue weighted by Crippen LogP contribution is 2.29. The number of ether oxygens (including phenoxy) is 1. The maximum Gasteiger partial charge on any atom is 0.0727 e. The normalized spacial score (nSPS) is 32.1. The van der Waals surface area contributed by atoms with Crippen LogP contribution in [0.25, 0.3) is 0 Å². The molecule has 94 valence electrons. The molecule has 0 heterocycles. The summed E-state index contributed by atoms with van der Waals surface area (Å²) in [5.74, 6) is 0.985. The largest absolute Gasteiger partial charge is 0.377 e. The van der Waals surface area contributed by atoms with Gasteiger partial charge < -0.3 is 10.1 Å². The molecule has 2 aliphatic rings. The van der Waals surface area contributed by atoms with Gasteiger partial charge in [0.15, 0.2) is 0 Å². The molecule has 2 aliphatic carbocycles. The zero-order chi connectivity index (χ0) is 11.2. The second-order valence-corrected chi connectivity index (χ2v) is 5.53. The minimum atomic E-state index is 0.479. The summed E-state index contributed by atoms with van der Waals surface area (Å²) < 4.78 is 6.11. The molecule has 0 saturated heterocycles. The fourth-order valence-corrected chi connectivity index (χ4v) is 2.97. The van der Waals surface area contributed by atoms with Crippen molar-refractivity contribution in [2.75, 3.05) is 13.7 Å². The zero-order valence-corrected chi connectivity index (χ0v) is 10.7. The van der Waals surface area contributed by atoms with Crippen LogP contribution >= 0.6 is 0 Å². The average molecular weight is 225 g/mol. The van der Waals surface area contributed by atoms with Gasteiger partial charge in [-0.2, -0.15) is 0 Å². The fraction of sp³-hybridized carbons (Fsp3) is 1.00. The lowest BCUT2D eigenvalue weighted by Crippen LogP contribution is -2.38. The summed E-state index contributed by atoms with van der Waals surface area (Å²) in [6, 6.07) is 0.601. The van der Waals surface area contributed by atoms with Crippen molar-refractivity contribution in [1.29, 1.82) is 0 Å².